The van der Waals surface area contributed by atoms with E-state index in [1.54, 1.807) is 11.0 Å². The fourth-order valence-corrected chi connectivity index (χ4v) is 4.25. The number of amides is 1. The standard InChI is InChI=1S/C25H27F3N4O/c1-3-30(4-2)24(33)21-17-23(29-22-11-6-5-10-20(21)22)32-14-12-31(13-15-32)19-9-7-8-18(16-19)25(26,27)28/h5-11,16-17H,3-4,12-15H2,1-2H3. The van der Waals surface area contributed by atoms with Crippen LogP contribution in [0, 0.1) is 0 Å². The van der Waals surface area contributed by atoms with E-state index in [9.17, 15) is 18.0 Å². The molecule has 2 aromatic carbocycles. The van der Waals surface area contributed by atoms with Crippen molar-refractivity contribution in [1.82, 2.24) is 9.88 Å². The van der Waals surface area contributed by atoms with E-state index in [0.29, 0.717) is 56.3 Å². The maximum atomic E-state index is 13.2. The first kappa shape index (κ1) is 22.9. The Hall–Kier alpha value is -3.29. The lowest BCUT2D eigenvalue weighted by Crippen LogP contribution is -2.47. The Kier molecular flexibility index (Phi) is 6.44. The van der Waals surface area contributed by atoms with Gasteiger partial charge in [0.1, 0.15) is 5.82 Å². The molecule has 0 unspecified atom stereocenters. The predicted octanol–water partition coefficient (Wildman–Crippen LogP) is 5.06. The van der Waals surface area contributed by atoms with Crippen LogP contribution in [0.4, 0.5) is 24.7 Å². The zero-order chi connectivity index (χ0) is 23.6. The molecule has 0 spiro atoms. The average molecular weight is 457 g/mol. The van der Waals surface area contributed by atoms with Crippen molar-refractivity contribution < 1.29 is 18.0 Å². The Balaban J connectivity index is 1.58. The summed E-state index contributed by atoms with van der Waals surface area (Å²) in [6, 6.07) is 14.9. The highest BCUT2D eigenvalue weighted by atomic mass is 19.4. The third-order valence-corrected chi connectivity index (χ3v) is 6.13. The zero-order valence-electron chi connectivity index (χ0n) is 18.8. The minimum atomic E-state index is -4.36. The number of rotatable bonds is 5. The molecule has 174 valence electrons. The first-order chi connectivity index (χ1) is 15.8. The van der Waals surface area contributed by atoms with Gasteiger partial charge in [0, 0.05) is 50.3 Å². The van der Waals surface area contributed by atoms with Crippen molar-refractivity contribution in [3.8, 4) is 0 Å². The number of carbonyl (C=O) groups excluding carboxylic acids is 1. The fraction of sp³-hybridized carbons (Fsp3) is 0.360. The number of aromatic nitrogens is 1. The minimum absolute atomic E-state index is 0.0255. The number of halogens is 3. The highest BCUT2D eigenvalue weighted by molar-refractivity contribution is 6.07. The highest BCUT2D eigenvalue weighted by Gasteiger charge is 2.31. The van der Waals surface area contributed by atoms with Crippen LogP contribution < -0.4 is 9.80 Å². The topological polar surface area (TPSA) is 39.7 Å². The number of hydrogen-bond donors (Lipinski definition) is 0. The van der Waals surface area contributed by atoms with Gasteiger partial charge >= 0.3 is 6.18 Å². The maximum absolute atomic E-state index is 13.2. The van der Waals surface area contributed by atoms with Gasteiger partial charge in [0.2, 0.25) is 0 Å². The van der Waals surface area contributed by atoms with Crippen LogP contribution >= 0.6 is 0 Å². The maximum Gasteiger partial charge on any atom is 0.416 e. The quantitative estimate of drug-likeness (QED) is 0.538. The monoisotopic (exact) mass is 456 g/mol. The molecule has 1 amide bonds. The van der Waals surface area contributed by atoms with Gasteiger partial charge in [-0.25, -0.2) is 4.98 Å². The smallest absolute Gasteiger partial charge is 0.368 e. The molecule has 1 saturated heterocycles. The number of fused-ring (bicyclic) bond motifs is 1. The van der Waals surface area contributed by atoms with E-state index in [2.05, 4.69) is 4.90 Å². The van der Waals surface area contributed by atoms with E-state index in [-0.39, 0.29) is 5.91 Å². The number of anilines is 2. The third-order valence-electron chi connectivity index (χ3n) is 6.13. The molecule has 2 heterocycles. The molecular weight excluding hydrogens is 429 g/mol. The average Bonchev–Trinajstić information content (AvgIpc) is 2.83. The van der Waals surface area contributed by atoms with Gasteiger partial charge in [-0.05, 0) is 44.2 Å². The van der Waals surface area contributed by atoms with Gasteiger partial charge in [-0.2, -0.15) is 13.2 Å². The van der Waals surface area contributed by atoms with Crippen LogP contribution in [0.15, 0.2) is 54.6 Å². The number of alkyl halides is 3. The number of benzene rings is 2. The second-order valence-corrected chi connectivity index (χ2v) is 8.04. The molecule has 0 atom stereocenters. The first-order valence-electron chi connectivity index (χ1n) is 11.2. The van der Waals surface area contributed by atoms with Crippen LogP contribution in [0.3, 0.4) is 0 Å². The molecule has 1 fully saturated rings. The lowest BCUT2D eigenvalue weighted by atomic mass is 10.1. The molecule has 5 nitrogen and oxygen atoms in total. The molecule has 1 aliphatic rings. The summed E-state index contributed by atoms with van der Waals surface area (Å²) in [6.45, 7) is 7.48. The fourth-order valence-electron chi connectivity index (χ4n) is 4.25. The minimum Gasteiger partial charge on any atom is -0.368 e. The van der Waals surface area contributed by atoms with Gasteiger partial charge in [-0.1, -0.05) is 24.3 Å². The number of nitrogens with zero attached hydrogens (tertiary/aromatic N) is 4. The first-order valence-corrected chi connectivity index (χ1v) is 11.2. The van der Waals surface area contributed by atoms with E-state index in [1.807, 2.05) is 49.1 Å². The molecule has 0 saturated carbocycles. The molecule has 8 heteroatoms. The van der Waals surface area contributed by atoms with Crippen LogP contribution in [0.2, 0.25) is 0 Å². The van der Waals surface area contributed by atoms with E-state index >= 15 is 0 Å². The van der Waals surface area contributed by atoms with Gasteiger partial charge < -0.3 is 14.7 Å². The summed E-state index contributed by atoms with van der Waals surface area (Å²) in [6.07, 6.45) is -4.36. The van der Waals surface area contributed by atoms with E-state index in [4.69, 9.17) is 4.98 Å². The molecule has 33 heavy (non-hydrogen) atoms. The Morgan fingerprint density at radius 3 is 2.27 bits per heavy atom. The third kappa shape index (κ3) is 4.74. The van der Waals surface area contributed by atoms with Crippen molar-refractivity contribution in [3.63, 3.8) is 0 Å². The molecule has 1 aromatic heterocycles. The van der Waals surface area contributed by atoms with Gasteiger partial charge in [-0.3, -0.25) is 4.79 Å². The molecule has 0 aliphatic carbocycles. The Labute approximate surface area is 191 Å². The summed E-state index contributed by atoms with van der Waals surface area (Å²) in [5.74, 6) is 0.690. The Morgan fingerprint density at radius 2 is 1.61 bits per heavy atom. The summed E-state index contributed by atoms with van der Waals surface area (Å²) in [5, 5.41) is 0.820. The number of pyridine rings is 1. The number of para-hydroxylation sites is 1. The van der Waals surface area contributed by atoms with Gasteiger partial charge in [0.05, 0.1) is 16.6 Å². The normalized spacial score (nSPS) is 14.6. The van der Waals surface area contributed by atoms with Crippen molar-refractivity contribution in [1.29, 1.82) is 0 Å². The largest absolute Gasteiger partial charge is 0.416 e. The van der Waals surface area contributed by atoms with Gasteiger partial charge in [0.25, 0.3) is 5.91 Å². The van der Waals surface area contributed by atoms with Gasteiger partial charge in [-0.15, -0.1) is 0 Å². The predicted molar refractivity (Wildman–Crippen MR) is 125 cm³/mol. The molecule has 4 rings (SSSR count). The molecule has 0 bridgehead atoms. The Bertz CT molecular complexity index is 1140. The number of carbonyl (C=O) groups is 1. The lowest BCUT2D eigenvalue weighted by molar-refractivity contribution is -0.137. The molecular formula is C25H27F3N4O. The molecule has 0 N–H and O–H groups in total. The van der Waals surface area contributed by atoms with Gasteiger partial charge in [0.15, 0.2) is 0 Å². The second-order valence-electron chi connectivity index (χ2n) is 8.04. The van der Waals surface area contributed by atoms with E-state index in [0.717, 1.165) is 17.0 Å². The molecule has 3 aromatic rings. The summed E-state index contributed by atoms with van der Waals surface area (Å²) >= 11 is 0. The molecule has 1 aliphatic heterocycles. The Morgan fingerprint density at radius 1 is 0.939 bits per heavy atom. The van der Waals surface area contributed by atoms with Crippen molar-refractivity contribution in [2.24, 2.45) is 0 Å². The van der Waals surface area contributed by atoms with Crippen molar-refractivity contribution >= 4 is 28.3 Å². The summed E-state index contributed by atoms with van der Waals surface area (Å²) in [4.78, 5) is 23.8. The van der Waals surface area contributed by atoms with Crippen LogP contribution in [-0.4, -0.2) is 55.1 Å². The van der Waals surface area contributed by atoms with Crippen molar-refractivity contribution in [3.05, 3.63) is 65.7 Å². The van der Waals surface area contributed by atoms with E-state index in [1.165, 1.54) is 12.1 Å². The van der Waals surface area contributed by atoms with Crippen molar-refractivity contribution in [2.45, 2.75) is 20.0 Å². The second kappa shape index (κ2) is 9.29. The highest BCUT2D eigenvalue weighted by Crippen LogP contribution is 2.32. The summed E-state index contributed by atoms with van der Waals surface area (Å²) < 4.78 is 39.3. The molecule has 0 radical (unpaired) electrons. The van der Waals surface area contributed by atoms with Crippen LogP contribution in [-0.2, 0) is 6.18 Å². The zero-order valence-corrected chi connectivity index (χ0v) is 18.8. The number of piperazine rings is 1. The SMILES string of the molecule is CCN(CC)C(=O)c1cc(N2CCN(c3cccc(C(F)(F)F)c3)CC2)nc2ccccc12. The summed E-state index contributed by atoms with van der Waals surface area (Å²) in [5.41, 5.74) is 1.30. The summed E-state index contributed by atoms with van der Waals surface area (Å²) in [7, 11) is 0. The number of hydrogen-bond acceptors (Lipinski definition) is 4. The van der Waals surface area contributed by atoms with Crippen LogP contribution in [0.25, 0.3) is 10.9 Å². The van der Waals surface area contributed by atoms with Crippen molar-refractivity contribution in [2.75, 3.05) is 49.1 Å². The van der Waals surface area contributed by atoms with E-state index < -0.39 is 11.7 Å². The lowest BCUT2D eigenvalue weighted by Gasteiger charge is -2.37. The van der Waals surface area contributed by atoms with Crippen LogP contribution in [0.5, 0.6) is 0 Å². The van der Waals surface area contributed by atoms with Crippen LogP contribution in [0.1, 0.15) is 29.8 Å².